The smallest absolute Gasteiger partial charge is 0.356 e. The molecular weight excluding hydrogens is 389 g/mol. The van der Waals surface area contributed by atoms with Gasteiger partial charge in [0.05, 0.1) is 5.01 Å². The van der Waals surface area contributed by atoms with Crippen molar-refractivity contribution in [1.29, 1.82) is 0 Å². The number of halogens is 3. The molecule has 10 heteroatoms. The van der Waals surface area contributed by atoms with E-state index in [1.807, 2.05) is 0 Å². The van der Waals surface area contributed by atoms with Gasteiger partial charge in [-0.3, -0.25) is 4.99 Å². The Kier molecular flexibility index (Phi) is 8.97. The van der Waals surface area contributed by atoms with Crippen LogP contribution in [0, 0.1) is 5.92 Å². The number of hydrogen-bond donors (Lipinski definition) is 2. The molecule has 2 rings (SSSR count). The van der Waals surface area contributed by atoms with Crippen LogP contribution in [0.5, 0.6) is 0 Å². The number of hydrogen-bond acceptors (Lipinski definition) is 5. The molecule has 2 N–H and O–H groups in total. The normalized spacial score (nSPS) is 18.3. The van der Waals surface area contributed by atoms with E-state index in [9.17, 15) is 13.2 Å². The van der Waals surface area contributed by atoms with Gasteiger partial charge in [-0.1, -0.05) is 13.8 Å². The minimum absolute atomic E-state index is 0.429. The molecular formula is C18H31F3N6S. The molecule has 2 heterocycles. The van der Waals surface area contributed by atoms with E-state index < -0.39 is 11.9 Å². The van der Waals surface area contributed by atoms with Gasteiger partial charge in [0.25, 0.3) is 0 Å². The van der Waals surface area contributed by atoms with Crippen LogP contribution in [0.2, 0.25) is 0 Å². The summed E-state index contributed by atoms with van der Waals surface area (Å²) in [4.78, 5) is 12.8. The lowest BCUT2D eigenvalue weighted by Gasteiger charge is -2.35. The van der Waals surface area contributed by atoms with Crippen LogP contribution in [0.15, 0.2) is 10.4 Å². The zero-order valence-corrected chi connectivity index (χ0v) is 17.7. The van der Waals surface area contributed by atoms with Crippen LogP contribution in [0.25, 0.3) is 0 Å². The number of aromatic nitrogens is 1. The highest BCUT2D eigenvalue weighted by Crippen LogP contribution is 2.29. The molecule has 1 unspecified atom stereocenters. The monoisotopic (exact) mass is 420 g/mol. The Morgan fingerprint density at radius 3 is 2.50 bits per heavy atom. The van der Waals surface area contributed by atoms with Crippen molar-refractivity contribution < 1.29 is 13.2 Å². The minimum Gasteiger partial charge on any atom is -0.356 e. The van der Waals surface area contributed by atoms with E-state index in [4.69, 9.17) is 0 Å². The van der Waals surface area contributed by atoms with Crippen LogP contribution in [0.4, 0.5) is 13.2 Å². The van der Waals surface area contributed by atoms with Crippen LogP contribution >= 0.6 is 11.3 Å². The van der Waals surface area contributed by atoms with Crippen molar-refractivity contribution >= 4 is 17.3 Å². The molecule has 6 nitrogen and oxygen atoms in total. The maximum atomic E-state index is 12.6. The number of nitrogens with zero attached hydrogens (tertiary/aromatic N) is 4. The largest absolute Gasteiger partial charge is 0.434 e. The number of rotatable bonds is 8. The van der Waals surface area contributed by atoms with Crippen molar-refractivity contribution in [2.45, 2.75) is 26.4 Å². The third-order valence-electron chi connectivity index (χ3n) is 4.80. The van der Waals surface area contributed by atoms with E-state index in [2.05, 4.69) is 44.3 Å². The van der Waals surface area contributed by atoms with Gasteiger partial charge in [-0.05, 0) is 12.5 Å². The summed E-state index contributed by atoms with van der Waals surface area (Å²) < 4.78 is 37.7. The summed E-state index contributed by atoms with van der Waals surface area (Å²) in [6, 6.07) is 0. The van der Waals surface area contributed by atoms with Crippen LogP contribution in [-0.4, -0.2) is 80.1 Å². The topological polar surface area (TPSA) is 55.8 Å². The van der Waals surface area contributed by atoms with Crippen molar-refractivity contribution in [3.05, 3.63) is 16.1 Å². The van der Waals surface area contributed by atoms with Crippen LogP contribution in [0.1, 0.15) is 24.5 Å². The predicted octanol–water partition coefficient (Wildman–Crippen LogP) is 2.14. The van der Waals surface area contributed by atoms with Gasteiger partial charge < -0.3 is 20.4 Å². The van der Waals surface area contributed by atoms with Gasteiger partial charge in [0.2, 0.25) is 0 Å². The first-order chi connectivity index (χ1) is 13.3. The molecule has 1 saturated heterocycles. The fourth-order valence-corrected chi connectivity index (χ4v) is 3.93. The number of aliphatic imine (C=N–C) groups is 1. The third kappa shape index (κ3) is 7.56. The molecule has 160 valence electrons. The average Bonchev–Trinajstić information content (AvgIpc) is 3.14. The lowest BCUT2D eigenvalue weighted by atomic mass is 10.1. The Morgan fingerprint density at radius 1 is 1.25 bits per heavy atom. The SMILES string of the molecule is CCN1CCN(CC(C)CNC(=NC)NCCc2nc(C(F)(F)F)cs2)CC1. The van der Waals surface area contributed by atoms with Crippen LogP contribution < -0.4 is 10.6 Å². The van der Waals surface area contributed by atoms with Crippen LogP contribution in [0.3, 0.4) is 0 Å². The molecule has 1 aromatic heterocycles. The molecule has 1 aliphatic rings. The van der Waals surface area contributed by atoms with Crippen molar-refractivity contribution in [3.63, 3.8) is 0 Å². The number of thiazole rings is 1. The molecule has 0 aromatic carbocycles. The Balaban J connectivity index is 1.65. The predicted molar refractivity (Wildman–Crippen MR) is 108 cm³/mol. The van der Waals surface area contributed by atoms with Crippen molar-refractivity contribution in [3.8, 4) is 0 Å². The van der Waals surface area contributed by atoms with Crippen molar-refractivity contribution in [1.82, 2.24) is 25.4 Å². The summed E-state index contributed by atoms with van der Waals surface area (Å²) >= 11 is 1.03. The van der Waals surface area contributed by atoms with Gasteiger partial charge in [-0.2, -0.15) is 13.2 Å². The molecule has 0 bridgehead atoms. The molecule has 1 atom stereocenters. The Hall–Kier alpha value is -1.39. The standard InChI is InChI=1S/C18H31F3N6S/c1-4-26-7-9-27(10-8-26)12-14(2)11-24-17(22-3)23-6-5-16-25-15(13-28-16)18(19,20)21/h13-14H,4-12H2,1-3H3,(H2,22,23,24). The maximum absolute atomic E-state index is 12.6. The number of piperazine rings is 1. The molecule has 0 spiro atoms. The van der Waals surface area contributed by atoms with E-state index in [1.54, 1.807) is 7.05 Å². The second-order valence-electron chi connectivity index (χ2n) is 7.09. The molecule has 1 aromatic rings. The summed E-state index contributed by atoms with van der Waals surface area (Å²) in [5, 5.41) is 7.97. The number of alkyl halides is 3. The van der Waals surface area contributed by atoms with Crippen LogP contribution in [-0.2, 0) is 12.6 Å². The van der Waals surface area contributed by atoms with Gasteiger partial charge in [-0.25, -0.2) is 4.98 Å². The highest BCUT2D eigenvalue weighted by Gasteiger charge is 2.33. The summed E-state index contributed by atoms with van der Waals surface area (Å²) in [5.74, 6) is 1.13. The Morgan fingerprint density at radius 2 is 1.93 bits per heavy atom. The van der Waals surface area contributed by atoms with E-state index in [0.29, 0.717) is 29.9 Å². The van der Waals surface area contributed by atoms with Gasteiger partial charge in [0, 0.05) is 64.7 Å². The Bertz CT molecular complexity index is 611. The maximum Gasteiger partial charge on any atom is 0.434 e. The summed E-state index contributed by atoms with van der Waals surface area (Å²) in [5.41, 5.74) is -0.816. The van der Waals surface area contributed by atoms with Crippen molar-refractivity contribution in [2.24, 2.45) is 10.9 Å². The first kappa shape index (κ1) is 22.9. The number of nitrogens with one attached hydrogen (secondary N) is 2. The highest BCUT2D eigenvalue weighted by atomic mass is 32.1. The molecule has 28 heavy (non-hydrogen) atoms. The minimum atomic E-state index is -4.38. The number of likely N-dealkylation sites (N-methyl/N-ethyl adjacent to an activating group) is 1. The number of guanidine groups is 1. The summed E-state index contributed by atoms with van der Waals surface area (Å²) in [6.07, 6.45) is -3.95. The Labute approximate surface area is 169 Å². The molecule has 1 aliphatic heterocycles. The molecule has 0 saturated carbocycles. The van der Waals surface area contributed by atoms with Gasteiger partial charge in [0.1, 0.15) is 0 Å². The summed E-state index contributed by atoms with van der Waals surface area (Å²) in [6.45, 7) is 12.3. The molecule has 0 aliphatic carbocycles. The lowest BCUT2D eigenvalue weighted by Crippen LogP contribution is -2.48. The first-order valence-corrected chi connectivity index (χ1v) is 10.6. The van der Waals surface area contributed by atoms with E-state index >= 15 is 0 Å². The molecule has 0 amide bonds. The fraction of sp³-hybridized carbons (Fsp3) is 0.778. The quantitative estimate of drug-likeness (QED) is 0.499. The zero-order chi connectivity index (χ0) is 20.6. The summed E-state index contributed by atoms with van der Waals surface area (Å²) in [7, 11) is 1.69. The lowest BCUT2D eigenvalue weighted by molar-refractivity contribution is -0.140. The fourth-order valence-electron chi connectivity index (χ4n) is 3.13. The van der Waals surface area contributed by atoms with E-state index in [-0.39, 0.29) is 0 Å². The molecule has 1 fully saturated rings. The van der Waals surface area contributed by atoms with E-state index in [0.717, 1.165) is 62.5 Å². The second kappa shape index (κ2) is 11.0. The zero-order valence-electron chi connectivity index (χ0n) is 16.8. The van der Waals surface area contributed by atoms with Gasteiger partial charge in [0.15, 0.2) is 11.7 Å². The van der Waals surface area contributed by atoms with Gasteiger partial charge in [-0.15, -0.1) is 11.3 Å². The third-order valence-corrected chi connectivity index (χ3v) is 5.71. The second-order valence-corrected chi connectivity index (χ2v) is 8.04. The highest BCUT2D eigenvalue weighted by molar-refractivity contribution is 7.09. The van der Waals surface area contributed by atoms with Crippen molar-refractivity contribution in [2.75, 3.05) is 59.4 Å². The van der Waals surface area contributed by atoms with Gasteiger partial charge >= 0.3 is 6.18 Å². The first-order valence-electron chi connectivity index (χ1n) is 9.72. The average molecular weight is 421 g/mol. The molecule has 0 radical (unpaired) electrons. The van der Waals surface area contributed by atoms with E-state index in [1.165, 1.54) is 0 Å².